The second-order valence-corrected chi connectivity index (χ2v) is 5.42. The number of hydrogen-bond donors (Lipinski definition) is 0. The summed E-state index contributed by atoms with van der Waals surface area (Å²) < 4.78 is 22.0. The first-order valence-electron chi connectivity index (χ1n) is 3.62. The van der Waals surface area contributed by atoms with Gasteiger partial charge in [-0.2, -0.15) is 5.26 Å². The third kappa shape index (κ3) is 1.93. The van der Waals surface area contributed by atoms with E-state index in [1.54, 1.807) is 0 Å². The smallest absolute Gasteiger partial charge is 0.150 e. The lowest BCUT2D eigenvalue weighted by atomic mass is 10.1. The van der Waals surface area contributed by atoms with Crippen molar-refractivity contribution in [3.63, 3.8) is 0 Å². The van der Waals surface area contributed by atoms with Crippen LogP contribution < -0.4 is 0 Å². The first-order valence-corrected chi connectivity index (χ1v) is 5.58. The van der Waals surface area contributed by atoms with Crippen LogP contribution in [0.15, 0.2) is 0 Å². The number of nitriles is 1. The Labute approximate surface area is 66.9 Å². The van der Waals surface area contributed by atoms with Crippen LogP contribution in [0, 0.1) is 17.2 Å². The Bertz CT molecular complexity index is 275. The summed E-state index contributed by atoms with van der Waals surface area (Å²) in [7, 11) is -2.90. The van der Waals surface area contributed by atoms with E-state index in [4.69, 9.17) is 5.26 Å². The fraction of sp³-hybridized carbons (Fsp3) is 0.857. The minimum absolute atomic E-state index is 0.0327. The molecule has 0 amide bonds. The Hall–Kier alpha value is -0.560. The normalized spacial score (nSPS) is 31.6. The molecule has 0 spiro atoms. The SMILES string of the molecule is CS(=O)(=O)[C@@H]1CC[C@@H](C#N)C1. The quantitative estimate of drug-likeness (QED) is 0.587. The van der Waals surface area contributed by atoms with Crippen molar-refractivity contribution in [1.82, 2.24) is 0 Å². The molecule has 1 aliphatic rings. The summed E-state index contributed by atoms with van der Waals surface area (Å²) in [5, 5.41) is 8.25. The summed E-state index contributed by atoms with van der Waals surface area (Å²) in [6.07, 6.45) is 3.19. The Balaban J connectivity index is 2.64. The molecule has 0 N–H and O–H groups in total. The van der Waals surface area contributed by atoms with Crippen molar-refractivity contribution in [2.24, 2.45) is 5.92 Å². The first-order chi connectivity index (χ1) is 5.04. The van der Waals surface area contributed by atoms with Gasteiger partial charge in [-0.3, -0.25) is 0 Å². The minimum Gasteiger partial charge on any atom is -0.229 e. The number of nitrogens with zero attached hydrogens (tertiary/aromatic N) is 1. The van der Waals surface area contributed by atoms with E-state index in [0.717, 1.165) is 6.42 Å². The fourth-order valence-corrected chi connectivity index (χ4v) is 2.59. The van der Waals surface area contributed by atoms with Gasteiger partial charge in [0, 0.05) is 12.2 Å². The summed E-state index contributed by atoms with van der Waals surface area (Å²) in [5.41, 5.74) is 0. The molecule has 0 aromatic heterocycles. The zero-order chi connectivity index (χ0) is 8.48. The van der Waals surface area contributed by atoms with Crippen LogP contribution in [0.3, 0.4) is 0 Å². The van der Waals surface area contributed by atoms with Gasteiger partial charge in [0.25, 0.3) is 0 Å². The van der Waals surface area contributed by atoms with E-state index < -0.39 is 9.84 Å². The van der Waals surface area contributed by atoms with E-state index in [9.17, 15) is 8.42 Å². The fourth-order valence-electron chi connectivity index (χ4n) is 1.45. The van der Waals surface area contributed by atoms with E-state index in [1.165, 1.54) is 6.26 Å². The van der Waals surface area contributed by atoms with Crippen LogP contribution in [0.25, 0.3) is 0 Å². The number of rotatable bonds is 1. The molecule has 11 heavy (non-hydrogen) atoms. The maximum Gasteiger partial charge on any atom is 0.150 e. The molecule has 0 aliphatic heterocycles. The van der Waals surface area contributed by atoms with Gasteiger partial charge in [-0.25, -0.2) is 8.42 Å². The van der Waals surface area contributed by atoms with Crippen molar-refractivity contribution in [1.29, 1.82) is 5.26 Å². The van der Waals surface area contributed by atoms with Crippen LogP contribution in [-0.2, 0) is 9.84 Å². The lowest BCUT2D eigenvalue weighted by Crippen LogP contribution is -2.15. The van der Waals surface area contributed by atoms with Crippen molar-refractivity contribution in [2.75, 3.05) is 6.26 Å². The highest BCUT2D eigenvalue weighted by atomic mass is 32.2. The molecule has 1 saturated carbocycles. The van der Waals surface area contributed by atoms with Crippen LogP contribution in [-0.4, -0.2) is 19.9 Å². The maximum atomic E-state index is 11.0. The van der Waals surface area contributed by atoms with Gasteiger partial charge in [0.2, 0.25) is 0 Å². The van der Waals surface area contributed by atoms with Crippen molar-refractivity contribution < 1.29 is 8.42 Å². The van der Waals surface area contributed by atoms with E-state index in [2.05, 4.69) is 6.07 Å². The third-order valence-corrected chi connectivity index (χ3v) is 3.81. The molecule has 1 rings (SSSR count). The van der Waals surface area contributed by atoms with Crippen LogP contribution >= 0.6 is 0 Å². The van der Waals surface area contributed by atoms with Crippen LogP contribution in [0.2, 0.25) is 0 Å². The maximum absolute atomic E-state index is 11.0. The molecule has 0 aromatic rings. The molecule has 4 heteroatoms. The zero-order valence-corrected chi connectivity index (χ0v) is 7.26. The summed E-state index contributed by atoms with van der Waals surface area (Å²) in [6, 6.07) is 2.10. The molecule has 1 fully saturated rings. The second-order valence-electron chi connectivity index (χ2n) is 3.09. The lowest BCUT2D eigenvalue weighted by molar-refractivity contribution is 0.584. The topological polar surface area (TPSA) is 57.9 Å². The molecular formula is C7H11NO2S. The third-order valence-electron chi connectivity index (χ3n) is 2.17. The minimum atomic E-state index is -2.90. The van der Waals surface area contributed by atoms with Crippen molar-refractivity contribution in [2.45, 2.75) is 24.5 Å². The van der Waals surface area contributed by atoms with Crippen molar-refractivity contribution >= 4 is 9.84 Å². The highest BCUT2D eigenvalue weighted by molar-refractivity contribution is 7.91. The molecule has 0 radical (unpaired) electrons. The summed E-state index contributed by atoms with van der Waals surface area (Å²) in [4.78, 5) is 0. The summed E-state index contributed by atoms with van der Waals surface area (Å²) >= 11 is 0. The van der Waals surface area contributed by atoms with E-state index >= 15 is 0 Å². The van der Waals surface area contributed by atoms with Gasteiger partial charge in [0.1, 0.15) is 9.84 Å². The average molecular weight is 173 g/mol. The summed E-state index contributed by atoms with van der Waals surface area (Å²) in [5.74, 6) is -0.0327. The van der Waals surface area contributed by atoms with E-state index in [-0.39, 0.29) is 11.2 Å². The Morgan fingerprint density at radius 2 is 2.09 bits per heavy atom. The molecule has 62 valence electrons. The molecule has 3 nitrogen and oxygen atoms in total. The standard InChI is InChI=1S/C7H11NO2S/c1-11(9,10)7-3-2-6(4-7)5-8/h6-7H,2-4H2,1H3/t6-,7-/m1/s1. The second kappa shape index (κ2) is 2.82. The van der Waals surface area contributed by atoms with E-state index in [0.29, 0.717) is 12.8 Å². The molecule has 0 heterocycles. The molecule has 0 aromatic carbocycles. The lowest BCUT2D eigenvalue weighted by Gasteiger charge is -2.03. The van der Waals surface area contributed by atoms with Gasteiger partial charge >= 0.3 is 0 Å². The van der Waals surface area contributed by atoms with Crippen molar-refractivity contribution in [3.05, 3.63) is 0 Å². The highest BCUT2D eigenvalue weighted by Crippen LogP contribution is 2.29. The molecule has 0 saturated heterocycles. The summed E-state index contributed by atoms with van der Waals surface area (Å²) in [6.45, 7) is 0. The van der Waals surface area contributed by atoms with Gasteiger partial charge in [0.05, 0.1) is 11.3 Å². The number of sulfone groups is 1. The molecule has 0 bridgehead atoms. The van der Waals surface area contributed by atoms with Crippen molar-refractivity contribution in [3.8, 4) is 6.07 Å². The Kier molecular flexibility index (Phi) is 2.19. The number of hydrogen-bond acceptors (Lipinski definition) is 3. The molecule has 2 atom stereocenters. The Morgan fingerprint density at radius 1 is 1.45 bits per heavy atom. The van der Waals surface area contributed by atoms with Crippen LogP contribution in [0.5, 0.6) is 0 Å². The van der Waals surface area contributed by atoms with Crippen LogP contribution in [0.1, 0.15) is 19.3 Å². The zero-order valence-electron chi connectivity index (χ0n) is 6.45. The predicted molar refractivity (Wildman–Crippen MR) is 41.6 cm³/mol. The Morgan fingerprint density at radius 3 is 2.36 bits per heavy atom. The average Bonchev–Trinajstić information content (AvgIpc) is 2.32. The monoisotopic (exact) mass is 173 g/mol. The largest absolute Gasteiger partial charge is 0.229 e. The molecule has 1 aliphatic carbocycles. The predicted octanol–water partition coefficient (Wildman–Crippen LogP) is 0.723. The van der Waals surface area contributed by atoms with Gasteiger partial charge < -0.3 is 0 Å². The first kappa shape index (κ1) is 8.54. The van der Waals surface area contributed by atoms with Gasteiger partial charge in [-0.05, 0) is 19.3 Å². The van der Waals surface area contributed by atoms with Gasteiger partial charge in [0.15, 0.2) is 0 Å². The van der Waals surface area contributed by atoms with Crippen LogP contribution in [0.4, 0.5) is 0 Å². The molecule has 0 unspecified atom stereocenters. The van der Waals surface area contributed by atoms with Gasteiger partial charge in [-0.1, -0.05) is 0 Å². The molecular weight excluding hydrogens is 162 g/mol. The highest BCUT2D eigenvalue weighted by Gasteiger charge is 2.31. The van der Waals surface area contributed by atoms with E-state index in [1.807, 2.05) is 0 Å². The van der Waals surface area contributed by atoms with Gasteiger partial charge in [-0.15, -0.1) is 0 Å².